The molecule has 3 aromatic rings. The van der Waals surface area contributed by atoms with Gasteiger partial charge in [0.1, 0.15) is 0 Å². The Labute approximate surface area is 163 Å². The predicted molar refractivity (Wildman–Crippen MR) is 106 cm³/mol. The first kappa shape index (κ1) is 20.6. The third-order valence-corrected chi connectivity index (χ3v) is 3.85. The van der Waals surface area contributed by atoms with E-state index >= 15 is 0 Å². The van der Waals surface area contributed by atoms with E-state index in [2.05, 4.69) is 33.0 Å². The number of anilines is 1. The van der Waals surface area contributed by atoms with Gasteiger partial charge in [-0.15, -0.1) is 23.0 Å². The molecular weight excluding hydrogens is 357 g/mol. The standard InChI is InChI=1S/C13H12N4O.C6H6FN.C2H2/c18-13-2-1-9-17(13)12-4-3-11(15-16-12)10-5-7-14-8-6-10;1-5-2-3-6(7)8-4-5;1-2/h3-8H,1-2,9H2;2-4H,1H3;1-2H. The highest BCUT2D eigenvalue weighted by atomic mass is 19.1. The van der Waals surface area contributed by atoms with E-state index in [-0.39, 0.29) is 5.91 Å². The molecule has 0 aliphatic carbocycles. The summed E-state index contributed by atoms with van der Waals surface area (Å²) in [5, 5.41) is 8.28. The zero-order chi connectivity index (χ0) is 20.4. The first-order chi connectivity index (χ1) is 13.6. The van der Waals surface area contributed by atoms with Gasteiger partial charge in [0.15, 0.2) is 5.82 Å². The van der Waals surface area contributed by atoms with Crippen LogP contribution in [0, 0.1) is 25.7 Å². The van der Waals surface area contributed by atoms with Crippen LogP contribution < -0.4 is 4.90 Å². The largest absolute Gasteiger partial charge is 0.295 e. The SMILES string of the molecule is C#C.Cc1ccc(F)nc1.O=C1CCCN1c1ccc(-c2ccncc2)nn1. The smallest absolute Gasteiger partial charge is 0.228 e. The van der Waals surface area contributed by atoms with Crippen molar-refractivity contribution in [3.05, 3.63) is 66.5 Å². The van der Waals surface area contributed by atoms with Crippen molar-refractivity contribution in [1.82, 2.24) is 20.2 Å². The highest BCUT2D eigenvalue weighted by Crippen LogP contribution is 2.21. The second kappa shape index (κ2) is 10.5. The number of carbonyl (C=O) groups excluding carboxylic acids is 1. The highest BCUT2D eigenvalue weighted by molar-refractivity contribution is 5.94. The number of aromatic nitrogens is 4. The molecule has 0 bridgehead atoms. The number of pyridine rings is 2. The Hall–Kier alpha value is -3.66. The van der Waals surface area contributed by atoms with E-state index in [1.165, 1.54) is 12.3 Å². The average molecular weight is 377 g/mol. The molecule has 28 heavy (non-hydrogen) atoms. The van der Waals surface area contributed by atoms with E-state index in [0.717, 1.165) is 29.8 Å². The van der Waals surface area contributed by atoms with Crippen LogP contribution in [0.1, 0.15) is 18.4 Å². The molecule has 1 aliphatic heterocycles. The molecule has 0 aromatic carbocycles. The normalized spacial score (nSPS) is 12.4. The van der Waals surface area contributed by atoms with Gasteiger partial charge in [-0.25, -0.2) is 4.98 Å². The molecule has 1 aliphatic rings. The monoisotopic (exact) mass is 377 g/mol. The molecule has 1 saturated heterocycles. The Morgan fingerprint density at radius 1 is 1.04 bits per heavy atom. The molecule has 0 radical (unpaired) electrons. The number of hydrogen-bond acceptors (Lipinski definition) is 5. The van der Waals surface area contributed by atoms with Crippen LogP contribution in [0.4, 0.5) is 10.2 Å². The molecule has 0 atom stereocenters. The number of aryl methyl sites for hydroxylation is 1. The lowest BCUT2D eigenvalue weighted by Crippen LogP contribution is -2.24. The van der Waals surface area contributed by atoms with Crippen LogP contribution in [-0.2, 0) is 4.79 Å². The topological polar surface area (TPSA) is 71.9 Å². The van der Waals surface area contributed by atoms with Crippen molar-refractivity contribution in [2.45, 2.75) is 19.8 Å². The lowest BCUT2D eigenvalue weighted by molar-refractivity contribution is -0.117. The summed E-state index contributed by atoms with van der Waals surface area (Å²) in [5.74, 6) is 0.340. The minimum absolute atomic E-state index is 0.126. The number of rotatable bonds is 2. The summed E-state index contributed by atoms with van der Waals surface area (Å²) in [6.45, 7) is 2.61. The van der Waals surface area contributed by atoms with Crippen molar-refractivity contribution < 1.29 is 9.18 Å². The Kier molecular flexibility index (Phi) is 7.73. The molecule has 0 saturated carbocycles. The number of amides is 1. The Morgan fingerprint density at radius 3 is 2.29 bits per heavy atom. The zero-order valence-electron chi connectivity index (χ0n) is 15.5. The van der Waals surface area contributed by atoms with Gasteiger partial charge in [0.25, 0.3) is 0 Å². The van der Waals surface area contributed by atoms with Gasteiger partial charge in [-0.05, 0) is 49.2 Å². The molecule has 4 heterocycles. The number of nitrogens with zero attached hydrogens (tertiary/aromatic N) is 5. The van der Waals surface area contributed by atoms with Crippen LogP contribution in [0.15, 0.2) is 55.0 Å². The molecule has 6 nitrogen and oxygen atoms in total. The Balaban J connectivity index is 0.000000236. The summed E-state index contributed by atoms with van der Waals surface area (Å²) in [6.07, 6.45) is 14.4. The molecule has 0 N–H and O–H groups in total. The quantitative estimate of drug-likeness (QED) is 0.505. The van der Waals surface area contributed by atoms with E-state index in [9.17, 15) is 9.18 Å². The highest BCUT2D eigenvalue weighted by Gasteiger charge is 2.22. The van der Waals surface area contributed by atoms with Crippen LogP contribution in [0.25, 0.3) is 11.3 Å². The second-order valence-corrected chi connectivity index (χ2v) is 5.82. The maximum absolute atomic E-state index is 12.0. The number of halogens is 1. The van der Waals surface area contributed by atoms with Gasteiger partial charge in [-0.1, -0.05) is 6.07 Å². The predicted octanol–water partition coefficient (Wildman–Crippen LogP) is 3.44. The summed E-state index contributed by atoms with van der Waals surface area (Å²) in [4.78, 5) is 20.6. The second-order valence-electron chi connectivity index (χ2n) is 5.82. The molecule has 3 aromatic heterocycles. The maximum atomic E-state index is 12.0. The first-order valence-electron chi connectivity index (χ1n) is 8.59. The van der Waals surface area contributed by atoms with Crippen molar-refractivity contribution in [2.24, 2.45) is 0 Å². The van der Waals surface area contributed by atoms with Crippen LogP contribution >= 0.6 is 0 Å². The van der Waals surface area contributed by atoms with Gasteiger partial charge in [-0.2, -0.15) is 4.39 Å². The van der Waals surface area contributed by atoms with Crippen molar-refractivity contribution in [3.8, 4) is 24.1 Å². The maximum Gasteiger partial charge on any atom is 0.228 e. The zero-order valence-corrected chi connectivity index (χ0v) is 15.5. The average Bonchev–Trinajstić information content (AvgIpc) is 3.19. The fourth-order valence-corrected chi connectivity index (χ4v) is 2.49. The molecule has 1 fully saturated rings. The van der Waals surface area contributed by atoms with Gasteiger partial charge >= 0.3 is 0 Å². The Morgan fingerprint density at radius 2 is 1.79 bits per heavy atom. The van der Waals surface area contributed by atoms with Gasteiger partial charge in [0.05, 0.1) is 5.69 Å². The van der Waals surface area contributed by atoms with E-state index in [1.54, 1.807) is 23.4 Å². The van der Waals surface area contributed by atoms with E-state index in [1.807, 2.05) is 31.2 Å². The summed E-state index contributed by atoms with van der Waals surface area (Å²) >= 11 is 0. The molecule has 4 rings (SSSR count). The van der Waals surface area contributed by atoms with E-state index in [4.69, 9.17) is 0 Å². The van der Waals surface area contributed by atoms with Gasteiger partial charge in [-0.3, -0.25) is 14.7 Å². The minimum atomic E-state index is -0.421. The summed E-state index contributed by atoms with van der Waals surface area (Å²) in [6, 6.07) is 10.5. The van der Waals surface area contributed by atoms with Gasteiger partial charge in [0.2, 0.25) is 11.9 Å². The lowest BCUT2D eigenvalue weighted by Gasteiger charge is -2.13. The third kappa shape index (κ3) is 5.68. The molecule has 1 amide bonds. The molecular formula is C21H20FN5O. The fraction of sp³-hybridized carbons (Fsp3) is 0.190. The van der Waals surface area contributed by atoms with Crippen LogP contribution in [-0.4, -0.2) is 32.6 Å². The van der Waals surface area contributed by atoms with Gasteiger partial charge < -0.3 is 0 Å². The van der Waals surface area contributed by atoms with Crippen LogP contribution in [0.5, 0.6) is 0 Å². The summed E-state index contributed by atoms with van der Waals surface area (Å²) in [5.41, 5.74) is 2.73. The minimum Gasteiger partial charge on any atom is -0.295 e. The molecule has 142 valence electrons. The van der Waals surface area contributed by atoms with Gasteiger partial charge in [0, 0.05) is 37.1 Å². The Bertz CT molecular complexity index is 875. The van der Waals surface area contributed by atoms with Crippen molar-refractivity contribution in [3.63, 3.8) is 0 Å². The third-order valence-electron chi connectivity index (χ3n) is 3.85. The first-order valence-corrected chi connectivity index (χ1v) is 8.59. The number of terminal acetylenes is 1. The molecule has 0 unspecified atom stereocenters. The lowest BCUT2D eigenvalue weighted by atomic mass is 10.2. The summed E-state index contributed by atoms with van der Waals surface area (Å²) in [7, 11) is 0. The number of hydrogen-bond donors (Lipinski definition) is 0. The molecule has 7 heteroatoms. The van der Waals surface area contributed by atoms with Crippen molar-refractivity contribution in [2.75, 3.05) is 11.4 Å². The van der Waals surface area contributed by atoms with E-state index in [0.29, 0.717) is 12.2 Å². The fourth-order valence-electron chi connectivity index (χ4n) is 2.49. The van der Waals surface area contributed by atoms with E-state index < -0.39 is 5.95 Å². The van der Waals surface area contributed by atoms with Crippen molar-refractivity contribution in [1.29, 1.82) is 0 Å². The van der Waals surface area contributed by atoms with Crippen LogP contribution in [0.2, 0.25) is 0 Å². The summed E-state index contributed by atoms with van der Waals surface area (Å²) < 4.78 is 12.0. The molecule has 0 spiro atoms. The van der Waals surface area contributed by atoms with Crippen molar-refractivity contribution >= 4 is 11.7 Å². The number of carbonyl (C=O) groups is 1. The van der Waals surface area contributed by atoms with Crippen LogP contribution in [0.3, 0.4) is 0 Å².